The fourth-order valence-corrected chi connectivity index (χ4v) is 2.96. The number of hydrogen-bond donors (Lipinski definition) is 2. The van der Waals surface area contributed by atoms with Gasteiger partial charge in [-0.1, -0.05) is 6.92 Å². The highest BCUT2D eigenvalue weighted by Crippen LogP contribution is 2.31. The van der Waals surface area contributed by atoms with Crippen LogP contribution in [-0.2, 0) is 4.74 Å². The number of rotatable bonds is 4. The van der Waals surface area contributed by atoms with Gasteiger partial charge in [0.25, 0.3) is 0 Å². The molecule has 0 aromatic heterocycles. The highest BCUT2D eigenvalue weighted by molar-refractivity contribution is 4.88. The van der Waals surface area contributed by atoms with Crippen LogP contribution in [0.25, 0.3) is 0 Å². The Labute approximate surface area is 105 Å². The molecule has 1 saturated carbocycles. The van der Waals surface area contributed by atoms with Crippen LogP contribution in [0.15, 0.2) is 0 Å². The van der Waals surface area contributed by atoms with E-state index in [4.69, 9.17) is 4.74 Å². The Morgan fingerprint density at radius 2 is 2.06 bits per heavy atom. The van der Waals surface area contributed by atoms with E-state index in [0.29, 0.717) is 12.1 Å². The molecule has 1 aliphatic heterocycles. The van der Waals surface area contributed by atoms with Crippen molar-refractivity contribution in [1.82, 2.24) is 5.32 Å². The molecule has 2 rings (SSSR count). The second-order valence-corrected chi connectivity index (χ2v) is 6.13. The van der Waals surface area contributed by atoms with Crippen molar-refractivity contribution in [1.29, 1.82) is 0 Å². The molecule has 0 aromatic rings. The van der Waals surface area contributed by atoms with Gasteiger partial charge in [-0.25, -0.2) is 0 Å². The van der Waals surface area contributed by atoms with Gasteiger partial charge in [0.1, 0.15) is 0 Å². The van der Waals surface area contributed by atoms with E-state index in [2.05, 4.69) is 19.2 Å². The summed E-state index contributed by atoms with van der Waals surface area (Å²) in [5, 5.41) is 14.0. The summed E-state index contributed by atoms with van der Waals surface area (Å²) in [6, 6.07) is 0.362. The molecular weight excluding hydrogens is 214 g/mol. The molecule has 3 heteroatoms. The van der Waals surface area contributed by atoms with E-state index < -0.39 is 5.60 Å². The van der Waals surface area contributed by atoms with E-state index in [1.54, 1.807) is 0 Å². The molecule has 0 bridgehead atoms. The maximum atomic E-state index is 10.5. The van der Waals surface area contributed by atoms with Gasteiger partial charge >= 0.3 is 0 Å². The van der Waals surface area contributed by atoms with Crippen LogP contribution in [0.1, 0.15) is 52.4 Å². The van der Waals surface area contributed by atoms with Crippen molar-refractivity contribution in [2.45, 2.75) is 70.1 Å². The van der Waals surface area contributed by atoms with Crippen molar-refractivity contribution >= 4 is 0 Å². The zero-order chi connectivity index (χ0) is 12.3. The normalized spacial score (nSPS) is 40.4. The fourth-order valence-electron chi connectivity index (χ4n) is 2.96. The second-order valence-electron chi connectivity index (χ2n) is 6.13. The molecule has 0 unspecified atom stereocenters. The number of ether oxygens (including phenoxy) is 1. The van der Waals surface area contributed by atoms with Gasteiger partial charge in [-0.05, 0) is 51.4 Å². The quantitative estimate of drug-likeness (QED) is 0.792. The second kappa shape index (κ2) is 5.68. The molecule has 17 heavy (non-hydrogen) atoms. The van der Waals surface area contributed by atoms with E-state index in [1.165, 1.54) is 6.42 Å². The number of aliphatic hydroxyl groups is 1. The summed E-state index contributed by atoms with van der Waals surface area (Å²) < 4.78 is 5.66. The van der Waals surface area contributed by atoms with E-state index >= 15 is 0 Å². The summed E-state index contributed by atoms with van der Waals surface area (Å²) >= 11 is 0. The van der Waals surface area contributed by atoms with Gasteiger partial charge in [0.05, 0.1) is 11.7 Å². The molecule has 0 aromatic carbocycles. The third-order valence-electron chi connectivity index (χ3n) is 4.48. The highest BCUT2D eigenvalue weighted by atomic mass is 16.5. The topological polar surface area (TPSA) is 41.5 Å². The SMILES string of the molecule is CC1CCC(O)(CN[C@@H](C)[C@H]2CCCO2)CC1. The Hall–Kier alpha value is -0.120. The first kappa shape index (κ1) is 13.3. The van der Waals surface area contributed by atoms with Crippen molar-refractivity contribution in [3.05, 3.63) is 0 Å². The van der Waals surface area contributed by atoms with Gasteiger partial charge in [0.2, 0.25) is 0 Å². The molecule has 100 valence electrons. The van der Waals surface area contributed by atoms with Crippen LogP contribution in [0.2, 0.25) is 0 Å². The maximum Gasteiger partial charge on any atom is 0.0771 e. The lowest BCUT2D eigenvalue weighted by atomic mass is 9.79. The summed E-state index contributed by atoms with van der Waals surface area (Å²) in [6.45, 7) is 6.08. The van der Waals surface area contributed by atoms with Gasteiger partial charge < -0.3 is 15.2 Å². The van der Waals surface area contributed by atoms with Crippen LogP contribution in [-0.4, -0.2) is 36.0 Å². The Bertz CT molecular complexity index is 230. The molecule has 0 radical (unpaired) electrons. The van der Waals surface area contributed by atoms with Crippen LogP contribution < -0.4 is 5.32 Å². The van der Waals surface area contributed by atoms with Gasteiger partial charge in [-0.3, -0.25) is 0 Å². The Balaban J connectivity index is 1.73. The third kappa shape index (κ3) is 3.67. The molecular formula is C14H27NO2. The zero-order valence-electron chi connectivity index (χ0n) is 11.2. The highest BCUT2D eigenvalue weighted by Gasteiger charge is 2.32. The van der Waals surface area contributed by atoms with E-state index in [9.17, 15) is 5.11 Å². The molecule has 0 spiro atoms. The molecule has 2 N–H and O–H groups in total. The largest absolute Gasteiger partial charge is 0.389 e. The first-order valence-electron chi connectivity index (χ1n) is 7.16. The lowest BCUT2D eigenvalue weighted by Crippen LogP contribution is -2.48. The van der Waals surface area contributed by atoms with Gasteiger partial charge in [-0.2, -0.15) is 0 Å². The van der Waals surface area contributed by atoms with Gasteiger partial charge in [0.15, 0.2) is 0 Å². The van der Waals surface area contributed by atoms with Gasteiger partial charge in [0, 0.05) is 19.2 Å². The summed E-state index contributed by atoms with van der Waals surface area (Å²) in [6.07, 6.45) is 6.89. The Morgan fingerprint density at radius 1 is 1.35 bits per heavy atom. The minimum Gasteiger partial charge on any atom is -0.389 e. The van der Waals surface area contributed by atoms with Gasteiger partial charge in [-0.15, -0.1) is 0 Å². The van der Waals surface area contributed by atoms with Crippen molar-refractivity contribution in [3.8, 4) is 0 Å². The molecule has 3 nitrogen and oxygen atoms in total. The molecule has 1 aliphatic carbocycles. The van der Waals surface area contributed by atoms with Crippen molar-refractivity contribution in [2.75, 3.05) is 13.2 Å². The molecule has 1 saturated heterocycles. The van der Waals surface area contributed by atoms with E-state index in [1.807, 2.05) is 0 Å². The molecule has 2 aliphatic rings. The zero-order valence-corrected chi connectivity index (χ0v) is 11.2. The minimum absolute atomic E-state index is 0.348. The predicted molar refractivity (Wildman–Crippen MR) is 69.0 cm³/mol. The first-order chi connectivity index (χ1) is 8.09. The van der Waals surface area contributed by atoms with Crippen LogP contribution in [0.3, 0.4) is 0 Å². The van der Waals surface area contributed by atoms with Crippen LogP contribution >= 0.6 is 0 Å². The predicted octanol–water partition coefficient (Wildman–Crippen LogP) is 2.08. The number of nitrogens with one attached hydrogen (secondary N) is 1. The summed E-state index contributed by atoms with van der Waals surface area (Å²) in [4.78, 5) is 0. The lowest BCUT2D eigenvalue weighted by molar-refractivity contribution is -0.0132. The minimum atomic E-state index is -0.473. The average Bonchev–Trinajstić information content (AvgIpc) is 2.84. The molecule has 2 fully saturated rings. The third-order valence-corrected chi connectivity index (χ3v) is 4.48. The monoisotopic (exact) mass is 241 g/mol. The molecule has 1 heterocycles. The number of hydrogen-bond acceptors (Lipinski definition) is 3. The van der Waals surface area contributed by atoms with Crippen molar-refractivity contribution in [2.24, 2.45) is 5.92 Å². The molecule has 0 amide bonds. The summed E-state index contributed by atoms with van der Waals surface area (Å²) in [5.41, 5.74) is -0.473. The lowest BCUT2D eigenvalue weighted by Gasteiger charge is -2.36. The van der Waals surface area contributed by atoms with Crippen LogP contribution in [0.5, 0.6) is 0 Å². The van der Waals surface area contributed by atoms with Crippen molar-refractivity contribution < 1.29 is 9.84 Å². The van der Waals surface area contributed by atoms with E-state index in [-0.39, 0.29) is 0 Å². The first-order valence-corrected chi connectivity index (χ1v) is 7.16. The Morgan fingerprint density at radius 3 is 2.65 bits per heavy atom. The maximum absolute atomic E-state index is 10.5. The summed E-state index contributed by atoms with van der Waals surface area (Å²) in [7, 11) is 0. The smallest absolute Gasteiger partial charge is 0.0771 e. The summed E-state index contributed by atoms with van der Waals surface area (Å²) in [5.74, 6) is 0.783. The molecule has 2 atom stereocenters. The Kier molecular flexibility index (Phi) is 4.45. The van der Waals surface area contributed by atoms with Crippen molar-refractivity contribution in [3.63, 3.8) is 0 Å². The van der Waals surface area contributed by atoms with Crippen LogP contribution in [0.4, 0.5) is 0 Å². The van der Waals surface area contributed by atoms with Crippen LogP contribution in [0, 0.1) is 5.92 Å². The standard InChI is InChI=1S/C14H27NO2/c1-11-5-7-14(16,8-6-11)10-15-12(2)13-4-3-9-17-13/h11-13,15-16H,3-10H2,1-2H3/t11?,12-,13+,14?/m0/s1. The average molecular weight is 241 g/mol. The fraction of sp³-hybridized carbons (Fsp3) is 1.00. The van der Waals surface area contributed by atoms with E-state index in [0.717, 1.165) is 51.2 Å².